The molecule has 0 aliphatic carbocycles. The van der Waals surface area contributed by atoms with Crippen LogP contribution < -0.4 is 14.8 Å². The van der Waals surface area contributed by atoms with Gasteiger partial charge < -0.3 is 9.47 Å². The summed E-state index contributed by atoms with van der Waals surface area (Å²) in [5, 5.41) is 11.7. The number of hydrogen-bond acceptors (Lipinski definition) is 6. The number of nitrogens with zero attached hydrogens (tertiary/aromatic N) is 2. The Labute approximate surface area is 134 Å². The Balaban J connectivity index is 2.27. The van der Waals surface area contributed by atoms with Gasteiger partial charge in [0.25, 0.3) is 5.91 Å². The van der Waals surface area contributed by atoms with Crippen LogP contribution in [-0.4, -0.2) is 29.8 Å². The molecule has 2 aromatic rings. The third-order valence-electron chi connectivity index (χ3n) is 2.53. The van der Waals surface area contributed by atoms with E-state index in [2.05, 4.69) is 31.4 Å². The van der Waals surface area contributed by atoms with Crippen molar-refractivity contribution >= 4 is 38.3 Å². The summed E-state index contributed by atoms with van der Waals surface area (Å²) in [5.74, 6) is 0.779. The number of carbonyl (C=O) groups is 1. The molecule has 0 unspecified atom stereocenters. The number of aryl methyl sites for hydroxylation is 1. The summed E-state index contributed by atoms with van der Waals surface area (Å²) in [6.45, 7) is 4.21. The van der Waals surface area contributed by atoms with E-state index in [1.54, 1.807) is 12.1 Å². The van der Waals surface area contributed by atoms with Crippen molar-refractivity contribution in [3.8, 4) is 11.5 Å². The monoisotopic (exact) mass is 371 g/mol. The highest BCUT2D eigenvalue weighted by Gasteiger charge is 2.16. The average molecular weight is 372 g/mol. The van der Waals surface area contributed by atoms with E-state index in [9.17, 15) is 4.79 Å². The van der Waals surface area contributed by atoms with Crippen LogP contribution in [0, 0.1) is 6.92 Å². The Bertz CT molecular complexity index is 660. The van der Waals surface area contributed by atoms with Gasteiger partial charge >= 0.3 is 0 Å². The summed E-state index contributed by atoms with van der Waals surface area (Å²) in [4.78, 5) is 12.2. The quantitative estimate of drug-likeness (QED) is 0.872. The van der Waals surface area contributed by atoms with Crippen LogP contribution in [-0.2, 0) is 0 Å². The molecule has 21 heavy (non-hydrogen) atoms. The van der Waals surface area contributed by atoms with Gasteiger partial charge in [0.2, 0.25) is 5.13 Å². The zero-order chi connectivity index (χ0) is 15.4. The van der Waals surface area contributed by atoms with Crippen molar-refractivity contribution in [1.29, 1.82) is 0 Å². The summed E-state index contributed by atoms with van der Waals surface area (Å²) < 4.78 is 11.4. The smallest absolute Gasteiger partial charge is 0.257 e. The van der Waals surface area contributed by atoms with Gasteiger partial charge in [-0.15, -0.1) is 10.2 Å². The molecule has 0 bridgehead atoms. The minimum atomic E-state index is -0.284. The fraction of sp³-hybridized carbons (Fsp3) is 0.308. The van der Waals surface area contributed by atoms with E-state index in [4.69, 9.17) is 9.47 Å². The first-order valence-electron chi connectivity index (χ1n) is 6.17. The fourth-order valence-corrected chi connectivity index (χ4v) is 2.80. The molecular weight excluding hydrogens is 358 g/mol. The number of benzene rings is 1. The van der Waals surface area contributed by atoms with Crippen LogP contribution in [0.25, 0.3) is 0 Å². The summed E-state index contributed by atoms with van der Waals surface area (Å²) in [5.41, 5.74) is 0.440. The number of aromatic nitrogens is 2. The Morgan fingerprint density at radius 1 is 1.43 bits per heavy atom. The molecule has 1 aromatic carbocycles. The maximum Gasteiger partial charge on any atom is 0.257 e. The molecule has 1 amide bonds. The maximum absolute atomic E-state index is 12.2. The number of anilines is 1. The van der Waals surface area contributed by atoms with Crippen LogP contribution in [0.1, 0.15) is 22.3 Å². The van der Waals surface area contributed by atoms with E-state index in [0.29, 0.717) is 33.3 Å². The predicted octanol–water partition coefficient (Wildman–Crippen LogP) is 3.27. The van der Waals surface area contributed by atoms with E-state index < -0.39 is 0 Å². The van der Waals surface area contributed by atoms with Crippen LogP contribution in [0.5, 0.6) is 11.5 Å². The zero-order valence-corrected chi connectivity index (χ0v) is 14.2. The van der Waals surface area contributed by atoms with Gasteiger partial charge in [0.15, 0.2) is 11.5 Å². The minimum Gasteiger partial charge on any atom is -0.493 e. The van der Waals surface area contributed by atoms with E-state index in [-0.39, 0.29) is 5.91 Å². The number of rotatable bonds is 5. The number of amides is 1. The van der Waals surface area contributed by atoms with Crippen molar-refractivity contribution in [1.82, 2.24) is 10.2 Å². The van der Waals surface area contributed by atoms with Crippen LogP contribution in [0.2, 0.25) is 0 Å². The SMILES string of the molecule is CCOc1c(Br)cc(C(=O)Nc2nnc(C)s2)cc1OC. The number of carbonyl (C=O) groups excluding carboxylic acids is 1. The van der Waals surface area contributed by atoms with Gasteiger partial charge in [-0.3, -0.25) is 10.1 Å². The second-order valence-corrected chi connectivity index (χ2v) is 6.04. The van der Waals surface area contributed by atoms with Crippen molar-refractivity contribution in [2.75, 3.05) is 19.0 Å². The summed E-state index contributed by atoms with van der Waals surface area (Å²) >= 11 is 4.70. The molecule has 1 heterocycles. The molecule has 0 aliphatic rings. The van der Waals surface area contributed by atoms with Gasteiger partial charge in [-0.05, 0) is 41.9 Å². The molecule has 0 aliphatic heterocycles. The topological polar surface area (TPSA) is 73.3 Å². The standard InChI is InChI=1S/C13H14BrN3O3S/c1-4-20-11-9(14)5-8(6-10(11)19-3)12(18)15-13-17-16-7(2)21-13/h5-6H,4H2,1-3H3,(H,15,17,18). The molecule has 0 spiro atoms. The number of ether oxygens (including phenoxy) is 2. The summed E-state index contributed by atoms with van der Waals surface area (Å²) in [6.07, 6.45) is 0. The number of nitrogens with one attached hydrogen (secondary N) is 1. The first-order valence-corrected chi connectivity index (χ1v) is 7.78. The average Bonchev–Trinajstić information content (AvgIpc) is 2.86. The van der Waals surface area contributed by atoms with Crippen LogP contribution >= 0.6 is 27.3 Å². The van der Waals surface area contributed by atoms with Crippen molar-refractivity contribution in [3.63, 3.8) is 0 Å². The van der Waals surface area contributed by atoms with Crippen LogP contribution in [0.4, 0.5) is 5.13 Å². The predicted molar refractivity (Wildman–Crippen MR) is 84.5 cm³/mol. The second kappa shape index (κ2) is 6.86. The van der Waals surface area contributed by atoms with Gasteiger partial charge in [0, 0.05) is 5.56 Å². The van der Waals surface area contributed by atoms with Gasteiger partial charge in [-0.25, -0.2) is 0 Å². The van der Waals surface area contributed by atoms with E-state index in [0.717, 1.165) is 5.01 Å². The first kappa shape index (κ1) is 15.7. The Kier molecular flexibility index (Phi) is 5.13. The minimum absolute atomic E-state index is 0.284. The number of hydrogen-bond donors (Lipinski definition) is 1. The lowest BCUT2D eigenvalue weighted by Gasteiger charge is -2.12. The Morgan fingerprint density at radius 2 is 2.19 bits per heavy atom. The lowest BCUT2D eigenvalue weighted by molar-refractivity contribution is 0.102. The highest BCUT2D eigenvalue weighted by molar-refractivity contribution is 9.10. The summed E-state index contributed by atoms with van der Waals surface area (Å²) in [6, 6.07) is 3.30. The largest absolute Gasteiger partial charge is 0.493 e. The van der Waals surface area contributed by atoms with E-state index in [1.165, 1.54) is 18.4 Å². The first-order chi connectivity index (χ1) is 10.0. The highest BCUT2D eigenvalue weighted by atomic mass is 79.9. The molecule has 1 aromatic heterocycles. The van der Waals surface area contributed by atoms with Gasteiger partial charge in [-0.1, -0.05) is 11.3 Å². The van der Waals surface area contributed by atoms with Crippen LogP contribution in [0.3, 0.4) is 0 Å². The van der Waals surface area contributed by atoms with Gasteiger partial charge in [-0.2, -0.15) is 0 Å². The number of halogens is 1. The molecular formula is C13H14BrN3O3S. The van der Waals surface area contributed by atoms with Gasteiger partial charge in [0.1, 0.15) is 5.01 Å². The molecule has 0 saturated carbocycles. The molecule has 112 valence electrons. The lowest BCUT2D eigenvalue weighted by Crippen LogP contribution is -2.12. The fourth-order valence-electron chi connectivity index (χ4n) is 1.65. The van der Waals surface area contributed by atoms with E-state index in [1.807, 2.05) is 13.8 Å². The summed E-state index contributed by atoms with van der Waals surface area (Å²) in [7, 11) is 1.53. The maximum atomic E-state index is 12.2. The van der Waals surface area contributed by atoms with Gasteiger partial charge in [0.05, 0.1) is 18.2 Å². The Morgan fingerprint density at radius 3 is 2.76 bits per heavy atom. The highest BCUT2D eigenvalue weighted by Crippen LogP contribution is 2.36. The third-order valence-corrected chi connectivity index (χ3v) is 3.87. The normalized spacial score (nSPS) is 10.3. The van der Waals surface area contributed by atoms with Crippen molar-refractivity contribution in [2.45, 2.75) is 13.8 Å². The molecule has 1 N–H and O–H groups in total. The van der Waals surface area contributed by atoms with Crippen molar-refractivity contribution in [3.05, 3.63) is 27.2 Å². The molecule has 6 nitrogen and oxygen atoms in total. The molecule has 0 radical (unpaired) electrons. The molecule has 2 rings (SSSR count). The number of methoxy groups -OCH3 is 1. The second-order valence-electron chi connectivity index (χ2n) is 4.00. The van der Waals surface area contributed by atoms with Crippen LogP contribution in [0.15, 0.2) is 16.6 Å². The molecule has 0 atom stereocenters. The zero-order valence-electron chi connectivity index (χ0n) is 11.8. The lowest BCUT2D eigenvalue weighted by atomic mass is 10.2. The molecule has 8 heteroatoms. The van der Waals surface area contributed by atoms with E-state index >= 15 is 0 Å². The molecule has 0 saturated heterocycles. The van der Waals surface area contributed by atoms with Crippen molar-refractivity contribution in [2.24, 2.45) is 0 Å². The molecule has 0 fully saturated rings. The Hall–Kier alpha value is -1.67. The third kappa shape index (κ3) is 3.70. The van der Waals surface area contributed by atoms with Crippen molar-refractivity contribution < 1.29 is 14.3 Å².